The molecule has 15 heavy (non-hydrogen) atoms. The highest BCUT2D eigenvalue weighted by Crippen LogP contribution is 1.81. The van der Waals surface area contributed by atoms with E-state index in [0.717, 1.165) is 7.11 Å². The van der Waals surface area contributed by atoms with E-state index in [9.17, 15) is 19.2 Å². The molecule has 0 saturated heterocycles. The maximum absolute atomic E-state index is 10.0. The largest absolute Gasteiger partial charge is 0.481 e. The normalized spacial score (nSPS) is 8.07. The van der Waals surface area contributed by atoms with Crippen molar-refractivity contribution in [2.45, 2.75) is 12.8 Å². The molecule has 0 atom stereocenters. The summed E-state index contributed by atoms with van der Waals surface area (Å²) in [5, 5.41) is 23.3. The van der Waals surface area contributed by atoms with Gasteiger partial charge in [-0.15, -0.1) is 0 Å². The standard InChI is InChI=1S/C4H6O4.C3H4O4/c1-8-4(7)2-3(5)6;4-2(5)1-3(6)7/h2H2,1H3,(H,5,6);1H2,(H,4,5)(H,6,7). The Kier molecular flexibility index (Phi) is 8.68. The van der Waals surface area contributed by atoms with Crippen LogP contribution in [0.4, 0.5) is 0 Å². The number of aliphatic carboxylic acids is 3. The van der Waals surface area contributed by atoms with E-state index in [-0.39, 0.29) is 0 Å². The van der Waals surface area contributed by atoms with Crippen LogP contribution in [0, 0.1) is 0 Å². The van der Waals surface area contributed by atoms with Gasteiger partial charge in [0.05, 0.1) is 7.11 Å². The zero-order valence-electron chi connectivity index (χ0n) is 7.80. The molecule has 0 aliphatic heterocycles. The molecule has 0 aliphatic rings. The first kappa shape index (κ1) is 15.4. The van der Waals surface area contributed by atoms with Gasteiger partial charge in [0.2, 0.25) is 0 Å². The van der Waals surface area contributed by atoms with Crippen LogP contribution in [0.2, 0.25) is 0 Å². The summed E-state index contributed by atoms with van der Waals surface area (Å²) in [6.07, 6.45) is -1.36. The first-order valence-electron chi connectivity index (χ1n) is 3.51. The molecule has 8 nitrogen and oxygen atoms in total. The van der Waals surface area contributed by atoms with Crippen molar-refractivity contribution in [3.63, 3.8) is 0 Å². The lowest BCUT2D eigenvalue weighted by Crippen LogP contribution is -2.07. The Balaban J connectivity index is 0. The van der Waals surface area contributed by atoms with E-state index in [2.05, 4.69) is 4.74 Å². The van der Waals surface area contributed by atoms with Crippen molar-refractivity contribution in [2.24, 2.45) is 0 Å². The number of carbonyl (C=O) groups is 4. The predicted octanol–water partition coefficient (Wildman–Crippen LogP) is -0.820. The second kappa shape index (κ2) is 8.48. The van der Waals surface area contributed by atoms with Gasteiger partial charge in [-0.25, -0.2) is 0 Å². The van der Waals surface area contributed by atoms with Gasteiger partial charge in [-0.3, -0.25) is 19.2 Å². The summed E-state index contributed by atoms with van der Waals surface area (Å²) >= 11 is 0. The van der Waals surface area contributed by atoms with Gasteiger partial charge < -0.3 is 20.1 Å². The molecule has 0 aromatic heterocycles. The minimum absolute atomic E-state index is 0.559. The zero-order valence-corrected chi connectivity index (χ0v) is 7.80. The summed E-state index contributed by atoms with van der Waals surface area (Å²) in [6, 6.07) is 0. The first-order valence-corrected chi connectivity index (χ1v) is 3.51. The zero-order chi connectivity index (χ0) is 12.4. The van der Waals surface area contributed by atoms with Gasteiger partial charge in [0, 0.05) is 0 Å². The minimum atomic E-state index is -1.31. The third kappa shape index (κ3) is 18.7. The number of hydrogen-bond acceptors (Lipinski definition) is 5. The van der Waals surface area contributed by atoms with Crippen molar-refractivity contribution in [1.82, 2.24) is 0 Å². The molecule has 0 radical (unpaired) electrons. The van der Waals surface area contributed by atoms with Gasteiger partial charge in [-0.2, -0.15) is 0 Å². The number of carboxylic acid groups (broad SMARTS) is 3. The van der Waals surface area contributed by atoms with Crippen molar-refractivity contribution in [3.8, 4) is 0 Å². The topological polar surface area (TPSA) is 138 Å². The number of carbonyl (C=O) groups excluding carboxylic acids is 1. The summed E-state index contributed by atoms with van der Waals surface area (Å²) in [4.78, 5) is 38.5. The number of carboxylic acids is 3. The van der Waals surface area contributed by atoms with Crippen LogP contribution >= 0.6 is 0 Å². The lowest BCUT2D eigenvalue weighted by Gasteiger charge is -1.90. The number of esters is 1. The molecule has 0 aliphatic carbocycles. The van der Waals surface area contributed by atoms with E-state index in [1.54, 1.807) is 0 Å². The summed E-state index contributed by atoms with van der Waals surface area (Å²) in [5.41, 5.74) is 0. The van der Waals surface area contributed by atoms with Crippen LogP contribution < -0.4 is 0 Å². The van der Waals surface area contributed by atoms with Gasteiger partial charge in [0.15, 0.2) is 0 Å². The van der Waals surface area contributed by atoms with Crippen molar-refractivity contribution in [1.29, 1.82) is 0 Å². The van der Waals surface area contributed by atoms with Gasteiger partial charge in [-0.1, -0.05) is 0 Å². The van der Waals surface area contributed by atoms with Crippen molar-refractivity contribution in [3.05, 3.63) is 0 Å². The molecule has 0 aromatic rings. The second-order valence-corrected chi connectivity index (χ2v) is 2.11. The summed E-state index contributed by atoms with van der Waals surface area (Å²) in [5.74, 6) is -4.52. The molecular weight excluding hydrogens is 212 g/mol. The van der Waals surface area contributed by atoms with Gasteiger partial charge in [0.25, 0.3) is 0 Å². The molecule has 0 unspecified atom stereocenters. The van der Waals surface area contributed by atoms with Crippen LogP contribution in [0.1, 0.15) is 12.8 Å². The molecule has 3 N–H and O–H groups in total. The molecule has 8 heteroatoms. The molecule has 0 spiro atoms. The molecule has 0 heterocycles. The monoisotopic (exact) mass is 222 g/mol. The van der Waals surface area contributed by atoms with Gasteiger partial charge in [-0.05, 0) is 0 Å². The van der Waals surface area contributed by atoms with Crippen LogP contribution in [-0.2, 0) is 23.9 Å². The van der Waals surface area contributed by atoms with Crippen LogP contribution in [0.15, 0.2) is 0 Å². The smallest absolute Gasteiger partial charge is 0.316 e. The van der Waals surface area contributed by atoms with E-state index in [1.165, 1.54) is 0 Å². The Labute approximate surface area is 84.1 Å². The fourth-order valence-electron chi connectivity index (χ4n) is 0.325. The van der Waals surface area contributed by atoms with E-state index >= 15 is 0 Å². The summed E-state index contributed by atoms with van der Waals surface area (Å²) in [6.45, 7) is 0. The molecule has 0 rings (SSSR count). The molecule has 0 saturated carbocycles. The molecule has 86 valence electrons. The molecule has 0 bridgehead atoms. The van der Waals surface area contributed by atoms with Crippen LogP contribution in [0.3, 0.4) is 0 Å². The molecule has 0 amide bonds. The van der Waals surface area contributed by atoms with E-state index < -0.39 is 36.7 Å². The minimum Gasteiger partial charge on any atom is -0.481 e. The average Bonchev–Trinajstić information content (AvgIpc) is 2.01. The maximum Gasteiger partial charge on any atom is 0.316 e. The second-order valence-electron chi connectivity index (χ2n) is 2.11. The highest BCUT2D eigenvalue weighted by molar-refractivity contribution is 5.90. The molecule has 0 aromatic carbocycles. The number of methoxy groups -OCH3 is 1. The third-order valence-corrected chi connectivity index (χ3v) is 0.826. The van der Waals surface area contributed by atoms with E-state index in [1.807, 2.05) is 0 Å². The van der Waals surface area contributed by atoms with Gasteiger partial charge in [0.1, 0.15) is 12.8 Å². The Hall–Kier alpha value is -2.12. The van der Waals surface area contributed by atoms with Crippen molar-refractivity contribution in [2.75, 3.05) is 7.11 Å². The average molecular weight is 222 g/mol. The highest BCUT2D eigenvalue weighted by atomic mass is 16.5. The van der Waals surface area contributed by atoms with E-state index in [0.29, 0.717) is 0 Å². The number of rotatable bonds is 4. The van der Waals surface area contributed by atoms with E-state index in [4.69, 9.17) is 15.3 Å². The fraction of sp³-hybridized carbons (Fsp3) is 0.429. The Morgan fingerprint density at radius 3 is 1.27 bits per heavy atom. The highest BCUT2D eigenvalue weighted by Gasteiger charge is 2.04. The van der Waals surface area contributed by atoms with Crippen molar-refractivity contribution < 1.29 is 39.2 Å². The lowest BCUT2D eigenvalue weighted by molar-refractivity contribution is -0.150. The predicted molar refractivity (Wildman–Crippen MR) is 44.2 cm³/mol. The SMILES string of the molecule is COC(=O)CC(=O)O.O=C(O)CC(=O)O. The number of hydrogen-bond donors (Lipinski definition) is 3. The molecule has 0 fully saturated rings. The van der Waals surface area contributed by atoms with Crippen molar-refractivity contribution >= 4 is 23.9 Å². The third-order valence-electron chi connectivity index (χ3n) is 0.826. The van der Waals surface area contributed by atoms with Crippen LogP contribution in [0.25, 0.3) is 0 Å². The first-order chi connectivity index (χ1) is 6.79. The Morgan fingerprint density at radius 1 is 0.867 bits per heavy atom. The quantitative estimate of drug-likeness (QED) is 0.414. The van der Waals surface area contributed by atoms with Crippen LogP contribution in [0.5, 0.6) is 0 Å². The summed E-state index contributed by atoms with van der Waals surface area (Å²) in [7, 11) is 1.14. The Morgan fingerprint density at radius 2 is 1.20 bits per heavy atom. The van der Waals surface area contributed by atoms with Gasteiger partial charge >= 0.3 is 23.9 Å². The lowest BCUT2D eigenvalue weighted by atomic mass is 10.4. The molecular formula is C7H10O8. The summed E-state index contributed by atoms with van der Waals surface area (Å²) < 4.78 is 4.04. The van der Waals surface area contributed by atoms with Crippen LogP contribution in [-0.4, -0.2) is 46.3 Å². The Bertz CT molecular complexity index is 244. The number of ether oxygens (including phenoxy) is 1. The maximum atomic E-state index is 10.0. The fourth-order valence-corrected chi connectivity index (χ4v) is 0.325.